The minimum atomic E-state index is -0.794. The number of aliphatic hydroxyl groups excluding tert-OH is 1. The first-order valence-corrected chi connectivity index (χ1v) is 13.0. The van der Waals surface area contributed by atoms with Crippen molar-refractivity contribution in [3.8, 4) is 5.75 Å². The van der Waals surface area contributed by atoms with E-state index >= 15 is 0 Å². The number of nitrogens with zero attached hydrogens (tertiary/aromatic N) is 2. The molecule has 7 heteroatoms. The van der Waals surface area contributed by atoms with Crippen LogP contribution in [0.3, 0.4) is 0 Å². The second-order valence-electron chi connectivity index (χ2n) is 9.23. The molecule has 1 heterocycles. The fraction of sp³-hybridized carbons (Fsp3) is 0.290. The number of Topliss-reactive ketones (excluding diaryl/α,β-unsaturated/α-hetero) is 1. The van der Waals surface area contributed by atoms with Crippen molar-refractivity contribution in [3.63, 3.8) is 0 Å². The first-order valence-electron chi connectivity index (χ1n) is 13.0. The van der Waals surface area contributed by atoms with E-state index < -0.39 is 23.5 Å². The molecule has 6 nitrogen and oxygen atoms in total. The van der Waals surface area contributed by atoms with Crippen LogP contribution in [0.25, 0.3) is 5.76 Å². The van der Waals surface area contributed by atoms with Gasteiger partial charge < -0.3 is 19.6 Å². The van der Waals surface area contributed by atoms with Gasteiger partial charge in [0.25, 0.3) is 11.7 Å². The molecule has 1 N–H and O–H groups in total. The molecule has 0 saturated carbocycles. The summed E-state index contributed by atoms with van der Waals surface area (Å²) in [6.45, 7) is 7.44. The van der Waals surface area contributed by atoms with Crippen molar-refractivity contribution in [3.05, 3.63) is 107 Å². The molecule has 0 spiro atoms. The number of likely N-dealkylation sites (tertiary alicyclic amines) is 1. The van der Waals surface area contributed by atoms with E-state index in [1.807, 2.05) is 48.5 Å². The molecule has 198 valence electrons. The second kappa shape index (κ2) is 12.5. The third kappa shape index (κ3) is 6.11. The van der Waals surface area contributed by atoms with Crippen LogP contribution in [-0.2, 0) is 16.2 Å². The van der Waals surface area contributed by atoms with Crippen LogP contribution < -0.4 is 4.74 Å². The van der Waals surface area contributed by atoms with E-state index in [4.69, 9.17) is 4.74 Å². The zero-order chi connectivity index (χ0) is 27.1. The number of aliphatic hydroxyl groups is 1. The van der Waals surface area contributed by atoms with Crippen LogP contribution in [0.4, 0.5) is 4.39 Å². The van der Waals surface area contributed by atoms with E-state index in [-0.39, 0.29) is 16.9 Å². The third-order valence-electron chi connectivity index (χ3n) is 6.85. The number of hydrogen-bond donors (Lipinski definition) is 1. The van der Waals surface area contributed by atoms with Crippen molar-refractivity contribution >= 4 is 17.4 Å². The van der Waals surface area contributed by atoms with E-state index in [1.54, 1.807) is 6.07 Å². The Kier molecular flexibility index (Phi) is 8.92. The van der Waals surface area contributed by atoms with Gasteiger partial charge in [-0.25, -0.2) is 4.39 Å². The number of rotatable bonds is 11. The SMILES string of the molecule is CCN(CC)CCCN1C(=O)C(=O)/C(=C(/O)c2ccc(F)cc2)C1c1cccc(OCc2ccccc2)c1. The molecule has 1 atom stereocenters. The molecule has 1 aliphatic rings. The Morgan fingerprint density at radius 3 is 2.37 bits per heavy atom. The van der Waals surface area contributed by atoms with Crippen molar-refractivity contribution in [2.45, 2.75) is 32.9 Å². The maximum Gasteiger partial charge on any atom is 0.295 e. The zero-order valence-corrected chi connectivity index (χ0v) is 21.8. The lowest BCUT2D eigenvalue weighted by Crippen LogP contribution is -2.33. The summed E-state index contributed by atoms with van der Waals surface area (Å²) in [6.07, 6.45) is 0.673. The Hall–Kier alpha value is -3.97. The summed E-state index contributed by atoms with van der Waals surface area (Å²) < 4.78 is 19.5. The van der Waals surface area contributed by atoms with Gasteiger partial charge in [0, 0.05) is 12.1 Å². The fourth-order valence-electron chi connectivity index (χ4n) is 4.74. The molecule has 0 aromatic heterocycles. The standard InChI is InChI=1S/C31H33FN2O4/c1-3-33(4-2)18-9-19-34-28(24-12-8-13-26(20-24)38-21-22-10-6-5-7-11-22)27(30(36)31(34)37)29(35)23-14-16-25(32)17-15-23/h5-8,10-17,20,28,35H,3-4,9,18-19,21H2,1-2H3/b29-27+. The van der Waals surface area contributed by atoms with Gasteiger partial charge in [-0.15, -0.1) is 0 Å². The lowest BCUT2D eigenvalue weighted by molar-refractivity contribution is -0.140. The van der Waals surface area contributed by atoms with E-state index in [9.17, 15) is 19.1 Å². The van der Waals surface area contributed by atoms with Gasteiger partial charge in [-0.05, 0) is 73.6 Å². The summed E-state index contributed by atoms with van der Waals surface area (Å²) in [6, 6.07) is 21.4. The van der Waals surface area contributed by atoms with Gasteiger partial charge in [-0.1, -0.05) is 56.3 Å². The Balaban J connectivity index is 1.69. The molecule has 3 aromatic rings. The highest BCUT2D eigenvalue weighted by Crippen LogP contribution is 2.40. The number of benzene rings is 3. The minimum Gasteiger partial charge on any atom is -0.507 e. The Morgan fingerprint density at radius 2 is 1.68 bits per heavy atom. The number of amides is 1. The highest BCUT2D eigenvalue weighted by Gasteiger charge is 2.45. The molecular formula is C31H33FN2O4. The van der Waals surface area contributed by atoms with Gasteiger partial charge in [0.2, 0.25) is 0 Å². The van der Waals surface area contributed by atoms with E-state index in [1.165, 1.54) is 29.2 Å². The van der Waals surface area contributed by atoms with E-state index in [2.05, 4.69) is 18.7 Å². The van der Waals surface area contributed by atoms with E-state index in [0.717, 1.165) is 25.2 Å². The predicted molar refractivity (Wildman–Crippen MR) is 145 cm³/mol. The maximum atomic E-state index is 13.5. The second-order valence-corrected chi connectivity index (χ2v) is 9.23. The van der Waals surface area contributed by atoms with Crippen molar-refractivity contribution < 1.29 is 23.8 Å². The number of carbonyl (C=O) groups is 2. The van der Waals surface area contributed by atoms with Crippen LogP contribution in [-0.4, -0.2) is 52.8 Å². The first-order chi connectivity index (χ1) is 18.4. The molecular weight excluding hydrogens is 483 g/mol. The highest BCUT2D eigenvalue weighted by molar-refractivity contribution is 6.46. The summed E-state index contributed by atoms with van der Waals surface area (Å²) in [7, 11) is 0. The lowest BCUT2D eigenvalue weighted by atomic mass is 9.95. The smallest absolute Gasteiger partial charge is 0.295 e. The maximum absolute atomic E-state index is 13.5. The summed E-state index contributed by atoms with van der Waals surface area (Å²) in [5.41, 5.74) is 1.93. The zero-order valence-electron chi connectivity index (χ0n) is 21.8. The van der Waals surface area contributed by atoms with Gasteiger partial charge in [0.1, 0.15) is 23.9 Å². The molecule has 0 bridgehead atoms. The van der Waals surface area contributed by atoms with Gasteiger partial charge >= 0.3 is 0 Å². The molecule has 0 aliphatic carbocycles. The molecule has 1 aliphatic heterocycles. The Bertz CT molecular complexity index is 1290. The number of halogens is 1. The quantitative estimate of drug-likeness (QED) is 0.205. The minimum absolute atomic E-state index is 0.00958. The monoisotopic (exact) mass is 516 g/mol. The third-order valence-corrected chi connectivity index (χ3v) is 6.85. The van der Waals surface area contributed by atoms with Crippen LogP contribution in [0.15, 0.2) is 84.4 Å². The van der Waals surface area contributed by atoms with Crippen molar-refractivity contribution in [2.24, 2.45) is 0 Å². The molecule has 38 heavy (non-hydrogen) atoms. The molecule has 1 fully saturated rings. The molecule has 1 unspecified atom stereocenters. The molecule has 1 amide bonds. The normalized spacial score (nSPS) is 16.8. The van der Waals surface area contributed by atoms with Crippen molar-refractivity contribution in [2.75, 3.05) is 26.2 Å². The van der Waals surface area contributed by atoms with Gasteiger partial charge in [0.15, 0.2) is 0 Å². The average Bonchev–Trinajstić information content (AvgIpc) is 3.20. The number of ether oxygens (including phenoxy) is 1. The Morgan fingerprint density at radius 1 is 0.974 bits per heavy atom. The van der Waals surface area contributed by atoms with Gasteiger partial charge in [0.05, 0.1) is 11.6 Å². The molecule has 1 saturated heterocycles. The first kappa shape index (κ1) is 27.1. The van der Waals surface area contributed by atoms with Crippen LogP contribution >= 0.6 is 0 Å². The number of carbonyl (C=O) groups excluding carboxylic acids is 2. The molecule has 3 aromatic carbocycles. The topological polar surface area (TPSA) is 70.1 Å². The summed E-state index contributed by atoms with van der Waals surface area (Å²) in [4.78, 5) is 30.3. The fourth-order valence-corrected chi connectivity index (χ4v) is 4.74. The Labute approximate surface area is 223 Å². The van der Waals surface area contributed by atoms with Crippen LogP contribution in [0.1, 0.15) is 43.0 Å². The number of hydrogen-bond acceptors (Lipinski definition) is 5. The highest BCUT2D eigenvalue weighted by atomic mass is 19.1. The number of ketones is 1. The molecule has 0 radical (unpaired) electrons. The van der Waals surface area contributed by atoms with Crippen molar-refractivity contribution in [1.29, 1.82) is 0 Å². The van der Waals surface area contributed by atoms with Crippen LogP contribution in [0, 0.1) is 5.82 Å². The predicted octanol–water partition coefficient (Wildman–Crippen LogP) is 5.56. The summed E-state index contributed by atoms with van der Waals surface area (Å²) in [5.74, 6) is -1.61. The lowest BCUT2D eigenvalue weighted by Gasteiger charge is -2.27. The van der Waals surface area contributed by atoms with Crippen molar-refractivity contribution in [1.82, 2.24) is 9.80 Å². The van der Waals surface area contributed by atoms with Crippen LogP contribution in [0.2, 0.25) is 0 Å². The summed E-state index contributed by atoms with van der Waals surface area (Å²) in [5, 5.41) is 11.2. The summed E-state index contributed by atoms with van der Waals surface area (Å²) >= 11 is 0. The van der Waals surface area contributed by atoms with Gasteiger partial charge in [-0.2, -0.15) is 0 Å². The molecule has 4 rings (SSSR count). The van der Waals surface area contributed by atoms with Gasteiger partial charge in [-0.3, -0.25) is 9.59 Å². The van der Waals surface area contributed by atoms with Crippen LogP contribution in [0.5, 0.6) is 5.75 Å². The largest absolute Gasteiger partial charge is 0.507 e. The van der Waals surface area contributed by atoms with E-state index in [0.29, 0.717) is 30.9 Å². The average molecular weight is 517 g/mol.